The molecule has 1 rings (SSSR count). The lowest BCUT2D eigenvalue weighted by Crippen LogP contribution is -2.25. The first-order chi connectivity index (χ1) is 9.77. The van der Waals surface area contributed by atoms with E-state index in [2.05, 4.69) is 28.8 Å². The number of hydrogen-bond donors (Lipinski definition) is 2. The Morgan fingerprint density at radius 1 is 1.30 bits per heavy atom. The highest BCUT2D eigenvalue weighted by Crippen LogP contribution is 2.08. The van der Waals surface area contributed by atoms with Gasteiger partial charge >= 0.3 is 0 Å². The second-order valence-electron chi connectivity index (χ2n) is 4.67. The number of carbonyl (C=O) groups is 1. The van der Waals surface area contributed by atoms with Crippen molar-refractivity contribution >= 4 is 23.4 Å². The van der Waals surface area contributed by atoms with Crippen LogP contribution in [0.4, 0.5) is 5.69 Å². The first-order valence-corrected chi connectivity index (χ1v) is 8.64. The zero-order valence-corrected chi connectivity index (χ0v) is 13.3. The van der Waals surface area contributed by atoms with Crippen LogP contribution in [-0.4, -0.2) is 36.0 Å². The lowest BCUT2D eigenvalue weighted by atomic mass is 10.2. The van der Waals surface area contributed by atoms with Crippen molar-refractivity contribution in [3.05, 3.63) is 24.0 Å². The molecular weight excluding hydrogens is 270 g/mol. The van der Waals surface area contributed by atoms with E-state index in [1.165, 1.54) is 12.2 Å². The number of rotatable bonds is 10. The summed E-state index contributed by atoms with van der Waals surface area (Å²) in [6, 6.07) is 3.69. The molecule has 5 heteroatoms. The Hall–Kier alpha value is -1.23. The maximum Gasteiger partial charge on any atom is 0.269 e. The van der Waals surface area contributed by atoms with Crippen molar-refractivity contribution < 1.29 is 4.79 Å². The number of pyridine rings is 1. The summed E-state index contributed by atoms with van der Waals surface area (Å²) in [5.41, 5.74) is 1.43. The molecular formula is C15H25N3OS. The predicted octanol–water partition coefficient (Wildman–Crippen LogP) is 3.17. The van der Waals surface area contributed by atoms with Gasteiger partial charge in [0.05, 0.1) is 0 Å². The molecule has 112 valence electrons. The molecule has 0 aliphatic heterocycles. The van der Waals surface area contributed by atoms with Crippen LogP contribution in [0.15, 0.2) is 18.3 Å². The summed E-state index contributed by atoms with van der Waals surface area (Å²) in [6.45, 7) is 3.74. The zero-order chi connectivity index (χ0) is 14.6. The van der Waals surface area contributed by atoms with Crippen LogP contribution in [0.3, 0.4) is 0 Å². The molecule has 0 fully saturated rings. The van der Waals surface area contributed by atoms with Gasteiger partial charge in [-0.3, -0.25) is 9.78 Å². The van der Waals surface area contributed by atoms with Gasteiger partial charge in [-0.15, -0.1) is 0 Å². The van der Waals surface area contributed by atoms with E-state index in [1.54, 1.807) is 12.3 Å². The summed E-state index contributed by atoms with van der Waals surface area (Å²) >= 11 is 1.87. The number of carbonyl (C=O) groups excluding carboxylic acids is 1. The number of thioether (sulfide) groups is 1. The minimum absolute atomic E-state index is 0.0879. The van der Waals surface area contributed by atoms with E-state index in [-0.39, 0.29) is 5.91 Å². The van der Waals surface area contributed by atoms with Crippen LogP contribution < -0.4 is 10.6 Å². The van der Waals surface area contributed by atoms with Crippen molar-refractivity contribution in [1.82, 2.24) is 10.3 Å². The van der Waals surface area contributed by atoms with Gasteiger partial charge in [-0.2, -0.15) is 11.8 Å². The Bertz CT molecular complexity index is 398. The average molecular weight is 295 g/mol. The first-order valence-electron chi connectivity index (χ1n) is 7.25. The molecule has 1 heterocycles. The molecule has 0 aliphatic carbocycles. The molecule has 0 aromatic carbocycles. The van der Waals surface area contributed by atoms with Gasteiger partial charge in [-0.05, 0) is 43.4 Å². The van der Waals surface area contributed by atoms with Crippen molar-refractivity contribution in [2.24, 2.45) is 0 Å². The Kier molecular flexibility index (Phi) is 8.87. The van der Waals surface area contributed by atoms with E-state index in [0.29, 0.717) is 5.69 Å². The highest BCUT2D eigenvalue weighted by molar-refractivity contribution is 7.98. The van der Waals surface area contributed by atoms with Gasteiger partial charge in [0, 0.05) is 25.0 Å². The molecule has 0 saturated carbocycles. The van der Waals surface area contributed by atoms with Gasteiger partial charge < -0.3 is 10.6 Å². The van der Waals surface area contributed by atoms with Crippen LogP contribution in [0.25, 0.3) is 0 Å². The highest BCUT2D eigenvalue weighted by atomic mass is 32.2. The topological polar surface area (TPSA) is 54.0 Å². The van der Waals surface area contributed by atoms with Crippen molar-refractivity contribution in [2.75, 3.05) is 30.4 Å². The van der Waals surface area contributed by atoms with Crippen molar-refractivity contribution in [2.45, 2.75) is 32.6 Å². The van der Waals surface area contributed by atoms with Gasteiger partial charge in [0.1, 0.15) is 5.69 Å². The Morgan fingerprint density at radius 3 is 2.90 bits per heavy atom. The van der Waals surface area contributed by atoms with E-state index in [4.69, 9.17) is 0 Å². The van der Waals surface area contributed by atoms with Crippen LogP contribution >= 0.6 is 11.8 Å². The van der Waals surface area contributed by atoms with Gasteiger partial charge in [0.15, 0.2) is 0 Å². The average Bonchev–Trinajstić information content (AvgIpc) is 2.48. The summed E-state index contributed by atoms with van der Waals surface area (Å²) in [5, 5.41) is 6.18. The third-order valence-electron chi connectivity index (χ3n) is 2.88. The summed E-state index contributed by atoms with van der Waals surface area (Å²) in [7, 11) is 0. The molecule has 1 amide bonds. The molecule has 0 saturated heterocycles. The number of anilines is 1. The highest BCUT2D eigenvalue weighted by Gasteiger charge is 2.06. The molecule has 0 bridgehead atoms. The summed E-state index contributed by atoms with van der Waals surface area (Å²) in [4.78, 5) is 16.1. The maximum atomic E-state index is 12.0. The fourth-order valence-corrected chi connectivity index (χ4v) is 2.27. The Labute approximate surface area is 126 Å². The number of amides is 1. The quantitative estimate of drug-likeness (QED) is 0.651. The SMILES string of the molecule is CCCNc1ccnc(C(=O)NCCCCCSC)c1. The van der Waals surface area contributed by atoms with E-state index < -0.39 is 0 Å². The fourth-order valence-electron chi connectivity index (χ4n) is 1.77. The van der Waals surface area contributed by atoms with E-state index in [9.17, 15) is 4.79 Å². The van der Waals surface area contributed by atoms with Crippen molar-refractivity contribution in [3.8, 4) is 0 Å². The van der Waals surface area contributed by atoms with Gasteiger partial charge in [0.2, 0.25) is 0 Å². The second kappa shape index (κ2) is 10.5. The summed E-state index contributed by atoms with van der Waals surface area (Å²) < 4.78 is 0. The molecule has 0 radical (unpaired) electrons. The smallest absolute Gasteiger partial charge is 0.269 e. The third kappa shape index (κ3) is 6.80. The zero-order valence-electron chi connectivity index (χ0n) is 12.4. The number of aromatic nitrogens is 1. The van der Waals surface area contributed by atoms with Gasteiger partial charge in [0.25, 0.3) is 5.91 Å². The van der Waals surface area contributed by atoms with E-state index in [0.717, 1.165) is 38.0 Å². The summed E-state index contributed by atoms with van der Waals surface area (Å²) in [5.74, 6) is 1.11. The standard InChI is InChI=1S/C15H25N3OS/c1-3-8-16-13-7-10-17-14(12-13)15(19)18-9-5-4-6-11-20-2/h7,10,12H,3-6,8-9,11H2,1-2H3,(H,16,17)(H,18,19). The maximum absolute atomic E-state index is 12.0. The molecule has 0 spiro atoms. The Morgan fingerprint density at radius 2 is 2.15 bits per heavy atom. The minimum atomic E-state index is -0.0879. The number of nitrogens with zero attached hydrogens (tertiary/aromatic N) is 1. The third-order valence-corrected chi connectivity index (χ3v) is 3.58. The second-order valence-corrected chi connectivity index (χ2v) is 5.65. The molecule has 0 atom stereocenters. The monoisotopic (exact) mass is 295 g/mol. The molecule has 0 unspecified atom stereocenters. The van der Waals surface area contributed by atoms with E-state index in [1.807, 2.05) is 17.8 Å². The van der Waals surface area contributed by atoms with Crippen LogP contribution in [0.2, 0.25) is 0 Å². The van der Waals surface area contributed by atoms with Crippen molar-refractivity contribution in [1.29, 1.82) is 0 Å². The fraction of sp³-hybridized carbons (Fsp3) is 0.600. The molecule has 1 aromatic rings. The number of unbranched alkanes of at least 4 members (excludes halogenated alkanes) is 2. The lowest BCUT2D eigenvalue weighted by Gasteiger charge is -2.07. The molecule has 1 aromatic heterocycles. The van der Waals surface area contributed by atoms with Gasteiger partial charge in [-0.25, -0.2) is 0 Å². The lowest BCUT2D eigenvalue weighted by molar-refractivity contribution is 0.0948. The predicted molar refractivity (Wildman–Crippen MR) is 87.6 cm³/mol. The van der Waals surface area contributed by atoms with Crippen LogP contribution in [0.5, 0.6) is 0 Å². The van der Waals surface area contributed by atoms with Crippen LogP contribution in [0, 0.1) is 0 Å². The Balaban J connectivity index is 2.31. The summed E-state index contributed by atoms with van der Waals surface area (Å²) in [6.07, 6.45) is 8.25. The van der Waals surface area contributed by atoms with E-state index >= 15 is 0 Å². The van der Waals surface area contributed by atoms with Gasteiger partial charge in [-0.1, -0.05) is 13.3 Å². The number of hydrogen-bond acceptors (Lipinski definition) is 4. The first kappa shape index (κ1) is 16.8. The van der Waals surface area contributed by atoms with Crippen molar-refractivity contribution in [3.63, 3.8) is 0 Å². The molecule has 20 heavy (non-hydrogen) atoms. The molecule has 4 nitrogen and oxygen atoms in total. The van der Waals surface area contributed by atoms with Crippen LogP contribution in [-0.2, 0) is 0 Å². The normalized spacial score (nSPS) is 10.3. The molecule has 0 aliphatic rings. The number of nitrogens with one attached hydrogen (secondary N) is 2. The van der Waals surface area contributed by atoms with Crippen LogP contribution in [0.1, 0.15) is 43.1 Å². The largest absolute Gasteiger partial charge is 0.385 e. The minimum Gasteiger partial charge on any atom is -0.385 e. The molecule has 2 N–H and O–H groups in total.